The van der Waals surface area contributed by atoms with Crippen LogP contribution < -0.4 is 4.74 Å². The topological polar surface area (TPSA) is 49.8 Å². The summed E-state index contributed by atoms with van der Waals surface area (Å²) in [6, 6.07) is 13.9. The smallest absolute Gasteiger partial charge is 0.254 e. The Morgan fingerprint density at radius 2 is 1.91 bits per heavy atom. The molecule has 2 aromatic carbocycles. The number of amides is 1. The van der Waals surface area contributed by atoms with Gasteiger partial charge < -0.3 is 14.7 Å². The van der Waals surface area contributed by atoms with E-state index in [0.717, 1.165) is 11.6 Å². The van der Waals surface area contributed by atoms with E-state index in [0.29, 0.717) is 13.0 Å². The van der Waals surface area contributed by atoms with Crippen LogP contribution in [0.3, 0.4) is 0 Å². The molecule has 4 nitrogen and oxygen atoms in total. The standard InChI is InChI=1S/C18H20FNO3/c1-23-17-8-7-15(13-16(17)19)18(22)20(11-12-21)10-9-14-5-3-2-4-6-14/h2-8,13,21H,9-12H2,1H3. The molecule has 1 N–H and O–H groups in total. The molecule has 0 atom stereocenters. The Bertz CT molecular complexity index is 646. The third-order valence-corrected chi connectivity index (χ3v) is 3.57. The van der Waals surface area contributed by atoms with Gasteiger partial charge >= 0.3 is 0 Å². The molecule has 2 aromatic rings. The molecule has 122 valence electrons. The van der Waals surface area contributed by atoms with Gasteiger partial charge in [-0.15, -0.1) is 0 Å². The molecule has 0 aliphatic rings. The van der Waals surface area contributed by atoms with Crippen LogP contribution in [-0.2, 0) is 6.42 Å². The van der Waals surface area contributed by atoms with Crippen molar-refractivity contribution in [3.63, 3.8) is 0 Å². The zero-order valence-electron chi connectivity index (χ0n) is 13.0. The number of ether oxygens (including phenoxy) is 1. The van der Waals surface area contributed by atoms with Crippen LogP contribution in [-0.4, -0.2) is 42.7 Å². The van der Waals surface area contributed by atoms with Crippen LogP contribution in [0.5, 0.6) is 5.75 Å². The highest BCUT2D eigenvalue weighted by Gasteiger charge is 2.17. The SMILES string of the molecule is COc1ccc(C(=O)N(CCO)CCc2ccccc2)cc1F. The molecule has 0 bridgehead atoms. The maximum atomic E-state index is 13.8. The Hall–Kier alpha value is -2.40. The summed E-state index contributed by atoms with van der Waals surface area (Å²) in [5.41, 5.74) is 1.34. The summed E-state index contributed by atoms with van der Waals surface area (Å²) in [4.78, 5) is 14.0. The van der Waals surface area contributed by atoms with Gasteiger partial charge in [0.25, 0.3) is 5.91 Å². The lowest BCUT2D eigenvalue weighted by Gasteiger charge is -2.22. The van der Waals surface area contributed by atoms with Crippen LogP contribution >= 0.6 is 0 Å². The molecule has 0 unspecified atom stereocenters. The summed E-state index contributed by atoms with van der Waals surface area (Å²) in [7, 11) is 1.37. The van der Waals surface area contributed by atoms with Crippen LogP contribution in [0.2, 0.25) is 0 Å². The van der Waals surface area contributed by atoms with Gasteiger partial charge in [-0.25, -0.2) is 4.39 Å². The van der Waals surface area contributed by atoms with Gasteiger partial charge in [-0.3, -0.25) is 4.79 Å². The summed E-state index contributed by atoms with van der Waals surface area (Å²) < 4.78 is 18.6. The number of aliphatic hydroxyl groups excluding tert-OH is 1. The fourth-order valence-electron chi connectivity index (χ4n) is 2.33. The van der Waals surface area contributed by atoms with E-state index in [-0.39, 0.29) is 30.4 Å². The predicted molar refractivity (Wildman–Crippen MR) is 86.1 cm³/mol. The second-order valence-corrected chi connectivity index (χ2v) is 5.10. The maximum Gasteiger partial charge on any atom is 0.254 e. The molecule has 0 radical (unpaired) electrons. The molecule has 1 amide bonds. The first-order chi connectivity index (χ1) is 11.2. The molecule has 0 heterocycles. The van der Waals surface area contributed by atoms with E-state index in [1.807, 2.05) is 30.3 Å². The van der Waals surface area contributed by atoms with Gasteiger partial charge in [-0.2, -0.15) is 0 Å². The van der Waals surface area contributed by atoms with Crippen molar-refractivity contribution >= 4 is 5.91 Å². The molecule has 0 saturated carbocycles. The zero-order valence-corrected chi connectivity index (χ0v) is 13.0. The average molecular weight is 317 g/mol. The van der Waals surface area contributed by atoms with Gasteiger partial charge in [-0.1, -0.05) is 30.3 Å². The van der Waals surface area contributed by atoms with Crippen molar-refractivity contribution in [1.29, 1.82) is 0 Å². The summed E-state index contributed by atoms with van der Waals surface area (Å²) in [5.74, 6) is -0.790. The molecule has 5 heteroatoms. The molecular formula is C18H20FNO3. The van der Waals surface area contributed by atoms with Crippen LogP contribution in [0.1, 0.15) is 15.9 Å². The molecule has 0 aromatic heterocycles. The molecule has 2 rings (SSSR count). The summed E-state index contributed by atoms with van der Waals surface area (Å²) in [6.45, 7) is 0.523. The number of hydrogen-bond acceptors (Lipinski definition) is 3. The normalized spacial score (nSPS) is 10.4. The lowest BCUT2D eigenvalue weighted by Crippen LogP contribution is -2.35. The quantitative estimate of drug-likeness (QED) is 0.853. The van der Waals surface area contributed by atoms with Crippen molar-refractivity contribution in [1.82, 2.24) is 4.90 Å². The first-order valence-corrected chi connectivity index (χ1v) is 7.43. The van der Waals surface area contributed by atoms with E-state index in [9.17, 15) is 14.3 Å². The molecule has 0 fully saturated rings. The number of aliphatic hydroxyl groups is 1. The van der Waals surface area contributed by atoms with E-state index in [4.69, 9.17) is 4.74 Å². The Balaban J connectivity index is 2.10. The van der Waals surface area contributed by atoms with E-state index < -0.39 is 5.82 Å². The van der Waals surface area contributed by atoms with Gasteiger partial charge in [-0.05, 0) is 30.2 Å². The second-order valence-electron chi connectivity index (χ2n) is 5.10. The zero-order chi connectivity index (χ0) is 16.7. The average Bonchev–Trinajstić information content (AvgIpc) is 2.58. The van der Waals surface area contributed by atoms with E-state index in [1.165, 1.54) is 24.1 Å². The van der Waals surface area contributed by atoms with E-state index in [1.54, 1.807) is 0 Å². The molecule has 0 saturated heterocycles. The monoisotopic (exact) mass is 317 g/mol. The van der Waals surface area contributed by atoms with Crippen molar-refractivity contribution in [2.75, 3.05) is 26.8 Å². The number of carbonyl (C=O) groups is 1. The van der Waals surface area contributed by atoms with Crippen molar-refractivity contribution in [2.24, 2.45) is 0 Å². The highest BCUT2D eigenvalue weighted by Crippen LogP contribution is 2.19. The van der Waals surface area contributed by atoms with Crippen molar-refractivity contribution in [3.05, 3.63) is 65.5 Å². The van der Waals surface area contributed by atoms with Gasteiger partial charge in [0, 0.05) is 18.7 Å². The Kier molecular flexibility index (Phi) is 6.11. The van der Waals surface area contributed by atoms with Gasteiger partial charge in [0.2, 0.25) is 0 Å². The van der Waals surface area contributed by atoms with Crippen LogP contribution in [0, 0.1) is 5.82 Å². The largest absolute Gasteiger partial charge is 0.494 e. The summed E-state index contributed by atoms with van der Waals surface area (Å²) in [5, 5.41) is 9.18. The minimum atomic E-state index is -0.578. The van der Waals surface area contributed by atoms with E-state index >= 15 is 0 Å². The molecule has 0 spiro atoms. The lowest BCUT2D eigenvalue weighted by atomic mass is 10.1. The number of nitrogens with zero attached hydrogens (tertiary/aromatic N) is 1. The van der Waals surface area contributed by atoms with Gasteiger partial charge in [0.15, 0.2) is 11.6 Å². The fourth-order valence-corrected chi connectivity index (χ4v) is 2.33. The Morgan fingerprint density at radius 1 is 1.17 bits per heavy atom. The van der Waals surface area contributed by atoms with Crippen molar-refractivity contribution < 1.29 is 19.0 Å². The Morgan fingerprint density at radius 3 is 2.52 bits per heavy atom. The minimum Gasteiger partial charge on any atom is -0.494 e. The first kappa shape index (κ1) is 17.0. The van der Waals surface area contributed by atoms with Gasteiger partial charge in [0.05, 0.1) is 13.7 Å². The number of halogens is 1. The second kappa shape index (κ2) is 8.29. The number of carbonyl (C=O) groups excluding carboxylic acids is 1. The number of benzene rings is 2. The molecule has 23 heavy (non-hydrogen) atoms. The third kappa shape index (κ3) is 4.53. The highest BCUT2D eigenvalue weighted by atomic mass is 19.1. The maximum absolute atomic E-state index is 13.8. The first-order valence-electron chi connectivity index (χ1n) is 7.43. The minimum absolute atomic E-state index is 0.0968. The number of methoxy groups -OCH3 is 1. The predicted octanol–water partition coefficient (Wildman–Crippen LogP) is 2.51. The number of hydrogen-bond donors (Lipinski definition) is 1. The van der Waals surface area contributed by atoms with Crippen LogP contribution in [0.15, 0.2) is 48.5 Å². The molecular weight excluding hydrogens is 297 g/mol. The summed E-state index contributed by atoms with van der Waals surface area (Å²) in [6.07, 6.45) is 0.672. The third-order valence-electron chi connectivity index (χ3n) is 3.57. The van der Waals surface area contributed by atoms with Crippen LogP contribution in [0.4, 0.5) is 4.39 Å². The van der Waals surface area contributed by atoms with Crippen LogP contribution in [0.25, 0.3) is 0 Å². The fraction of sp³-hybridized carbons (Fsp3) is 0.278. The van der Waals surface area contributed by atoms with Crippen molar-refractivity contribution in [2.45, 2.75) is 6.42 Å². The molecule has 0 aliphatic heterocycles. The Labute approximate surface area is 135 Å². The molecule has 0 aliphatic carbocycles. The van der Waals surface area contributed by atoms with Crippen molar-refractivity contribution in [3.8, 4) is 5.75 Å². The number of rotatable bonds is 7. The highest BCUT2D eigenvalue weighted by molar-refractivity contribution is 5.94. The van der Waals surface area contributed by atoms with Gasteiger partial charge in [0.1, 0.15) is 0 Å². The van der Waals surface area contributed by atoms with E-state index in [2.05, 4.69) is 0 Å². The lowest BCUT2D eigenvalue weighted by molar-refractivity contribution is 0.0723. The summed E-state index contributed by atoms with van der Waals surface area (Å²) >= 11 is 0.